The Morgan fingerprint density at radius 3 is 1.89 bits per heavy atom. The molecule has 0 aromatic rings. The predicted molar refractivity (Wildman–Crippen MR) is 36.6 cm³/mol. The van der Waals surface area contributed by atoms with Crippen LogP contribution in [0, 0.1) is 0 Å². The first kappa shape index (κ1) is 7.10. The molecule has 0 aliphatic carbocycles. The molecule has 0 atom stereocenters. The first-order valence-electron chi connectivity index (χ1n) is 3.22. The average Bonchev–Trinajstić information content (AvgIpc) is 1.57. The first-order valence-corrected chi connectivity index (χ1v) is 3.22. The van der Waals surface area contributed by atoms with E-state index in [0.717, 1.165) is 0 Å². The topological polar surface area (TPSA) is 40.5 Å². The lowest BCUT2D eigenvalue weighted by molar-refractivity contribution is -0.117. The van der Waals surface area contributed by atoms with Gasteiger partial charge >= 0.3 is 0 Å². The zero-order valence-electron chi connectivity index (χ0n) is 5.89. The van der Waals surface area contributed by atoms with Crippen molar-refractivity contribution in [1.29, 1.82) is 0 Å². The highest BCUT2D eigenvalue weighted by atomic mass is 16.4. The molecule has 0 aromatic heterocycles. The Bertz CT molecular complexity index is 113. The second-order valence-electron chi connectivity index (χ2n) is 3.29. The molecule has 1 aliphatic heterocycles. The summed E-state index contributed by atoms with van der Waals surface area (Å²) in [4.78, 5) is 0. The van der Waals surface area contributed by atoms with E-state index in [0.29, 0.717) is 12.6 Å². The summed E-state index contributed by atoms with van der Waals surface area (Å²) in [6.45, 7) is 3.28. The maximum atomic E-state index is 9.47. The summed E-state index contributed by atoms with van der Waals surface area (Å²) in [6, 6.07) is 0. The van der Waals surface area contributed by atoms with Crippen molar-refractivity contribution >= 4 is 7.28 Å². The molecule has 0 unspecified atom stereocenters. The third-order valence-corrected chi connectivity index (χ3v) is 2.10. The molecule has 9 heavy (non-hydrogen) atoms. The van der Waals surface area contributed by atoms with Crippen molar-refractivity contribution in [2.45, 2.75) is 37.7 Å². The standard InChI is InChI=1S/C6H12BO2/c1-5(2,8)6(9)3-7-4-6/h8-9H,3-4H2,1-2H3. The lowest BCUT2D eigenvalue weighted by Gasteiger charge is -2.45. The molecule has 2 nitrogen and oxygen atoms in total. The Labute approximate surface area is 56.1 Å². The van der Waals surface area contributed by atoms with Gasteiger partial charge in [-0.05, 0) is 26.5 Å². The minimum absolute atomic E-state index is 0.622. The van der Waals surface area contributed by atoms with Gasteiger partial charge in [-0.25, -0.2) is 0 Å². The van der Waals surface area contributed by atoms with Crippen LogP contribution in [0.2, 0.25) is 12.6 Å². The van der Waals surface area contributed by atoms with Crippen LogP contribution in [0.5, 0.6) is 0 Å². The molecule has 0 aromatic carbocycles. The van der Waals surface area contributed by atoms with Crippen LogP contribution in [0.3, 0.4) is 0 Å². The number of rotatable bonds is 1. The molecule has 1 heterocycles. The second kappa shape index (κ2) is 1.73. The molecule has 1 fully saturated rings. The molecular formula is C6H12BO2. The van der Waals surface area contributed by atoms with E-state index in [1.54, 1.807) is 13.8 Å². The fraction of sp³-hybridized carbons (Fsp3) is 1.00. The van der Waals surface area contributed by atoms with Crippen LogP contribution in [0.25, 0.3) is 0 Å². The Hall–Kier alpha value is -0.0151. The van der Waals surface area contributed by atoms with E-state index in [-0.39, 0.29) is 0 Å². The lowest BCUT2D eigenvalue weighted by atomic mass is 9.44. The fourth-order valence-corrected chi connectivity index (χ4v) is 0.917. The largest absolute Gasteiger partial charge is 0.388 e. The Morgan fingerprint density at radius 2 is 1.89 bits per heavy atom. The average molecular weight is 127 g/mol. The van der Waals surface area contributed by atoms with E-state index >= 15 is 0 Å². The Morgan fingerprint density at radius 1 is 1.44 bits per heavy atom. The summed E-state index contributed by atoms with van der Waals surface area (Å²) in [5.41, 5.74) is -1.78. The van der Waals surface area contributed by atoms with Crippen molar-refractivity contribution < 1.29 is 10.2 Å². The van der Waals surface area contributed by atoms with Crippen LogP contribution in [0.4, 0.5) is 0 Å². The van der Waals surface area contributed by atoms with Crippen LogP contribution in [-0.2, 0) is 0 Å². The van der Waals surface area contributed by atoms with Crippen molar-refractivity contribution in [2.24, 2.45) is 0 Å². The van der Waals surface area contributed by atoms with Gasteiger partial charge < -0.3 is 10.2 Å². The quantitative estimate of drug-likeness (QED) is 0.488. The highest BCUT2D eigenvalue weighted by Crippen LogP contribution is 2.37. The summed E-state index contributed by atoms with van der Waals surface area (Å²) < 4.78 is 0. The SMILES string of the molecule is CC(C)(O)C1(O)C[B]C1. The summed E-state index contributed by atoms with van der Waals surface area (Å²) >= 11 is 0. The minimum atomic E-state index is -0.943. The van der Waals surface area contributed by atoms with E-state index < -0.39 is 11.2 Å². The third-order valence-electron chi connectivity index (χ3n) is 2.10. The van der Waals surface area contributed by atoms with Crippen LogP contribution in [0.1, 0.15) is 13.8 Å². The van der Waals surface area contributed by atoms with Gasteiger partial charge in [0, 0.05) is 0 Å². The van der Waals surface area contributed by atoms with Crippen LogP contribution >= 0.6 is 0 Å². The highest BCUT2D eigenvalue weighted by molar-refractivity contribution is 6.40. The molecule has 0 bridgehead atoms. The van der Waals surface area contributed by atoms with Crippen molar-refractivity contribution in [3.8, 4) is 0 Å². The molecule has 1 rings (SSSR count). The van der Waals surface area contributed by atoms with Gasteiger partial charge in [-0.15, -0.1) is 0 Å². The Kier molecular flexibility index (Phi) is 1.37. The molecule has 0 amide bonds. The van der Waals surface area contributed by atoms with Crippen LogP contribution in [0.15, 0.2) is 0 Å². The van der Waals surface area contributed by atoms with Gasteiger partial charge in [-0.1, -0.05) is 0 Å². The molecule has 51 valence electrons. The van der Waals surface area contributed by atoms with Crippen LogP contribution in [-0.4, -0.2) is 28.7 Å². The van der Waals surface area contributed by atoms with Gasteiger partial charge in [0.15, 0.2) is 0 Å². The molecule has 3 heteroatoms. The van der Waals surface area contributed by atoms with Gasteiger partial charge in [0.2, 0.25) is 0 Å². The maximum absolute atomic E-state index is 9.47. The van der Waals surface area contributed by atoms with Gasteiger partial charge in [0.05, 0.1) is 11.2 Å². The van der Waals surface area contributed by atoms with Crippen molar-refractivity contribution in [3.63, 3.8) is 0 Å². The predicted octanol–water partition coefficient (Wildman–Crippen LogP) is 0.0428. The van der Waals surface area contributed by atoms with E-state index in [1.807, 2.05) is 7.28 Å². The number of hydrogen-bond acceptors (Lipinski definition) is 2. The van der Waals surface area contributed by atoms with E-state index in [1.165, 1.54) is 0 Å². The molecule has 1 aliphatic rings. The highest BCUT2D eigenvalue weighted by Gasteiger charge is 2.46. The zero-order valence-corrected chi connectivity index (χ0v) is 5.89. The van der Waals surface area contributed by atoms with Gasteiger partial charge in [-0.2, -0.15) is 0 Å². The van der Waals surface area contributed by atoms with Gasteiger partial charge in [0.25, 0.3) is 0 Å². The third kappa shape index (κ3) is 0.991. The number of aliphatic hydroxyl groups is 2. The second-order valence-corrected chi connectivity index (χ2v) is 3.29. The van der Waals surface area contributed by atoms with Crippen molar-refractivity contribution in [3.05, 3.63) is 0 Å². The fourth-order valence-electron chi connectivity index (χ4n) is 0.917. The van der Waals surface area contributed by atoms with E-state index in [4.69, 9.17) is 0 Å². The molecule has 1 radical (unpaired) electrons. The normalized spacial score (nSPS) is 24.4. The monoisotopic (exact) mass is 127 g/mol. The van der Waals surface area contributed by atoms with Gasteiger partial charge in [0.1, 0.15) is 7.28 Å². The summed E-state index contributed by atoms with van der Waals surface area (Å²) in [6.07, 6.45) is 1.24. The molecule has 0 spiro atoms. The summed E-state index contributed by atoms with van der Waals surface area (Å²) in [7, 11) is 1.97. The number of hydrogen-bond donors (Lipinski definition) is 2. The molecule has 0 saturated carbocycles. The smallest absolute Gasteiger partial charge is 0.117 e. The summed E-state index contributed by atoms with van der Waals surface area (Å²) in [5.74, 6) is 0. The van der Waals surface area contributed by atoms with E-state index in [2.05, 4.69) is 0 Å². The first-order chi connectivity index (χ1) is 3.96. The van der Waals surface area contributed by atoms with Gasteiger partial charge in [-0.3, -0.25) is 0 Å². The summed E-state index contributed by atoms with van der Waals surface area (Å²) in [5, 5.41) is 18.8. The molecular weight excluding hydrogens is 115 g/mol. The molecule has 1 saturated heterocycles. The van der Waals surface area contributed by atoms with E-state index in [9.17, 15) is 10.2 Å². The van der Waals surface area contributed by atoms with Crippen LogP contribution < -0.4 is 0 Å². The zero-order chi connectivity index (χ0) is 7.12. The van der Waals surface area contributed by atoms with Crippen molar-refractivity contribution in [2.75, 3.05) is 0 Å². The molecule has 2 N–H and O–H groups in total. The van der Waals surface area contributed by atoms with Crippen molar-refractivity contribution in [1.82, 2.24) is 0 Å². The maximum Gasteiger partial charge on any atom is 0.117 e. The lowest BCUT2D eigenvalue weighted by Crippen LogP contribution is -2.56. The Balaban J connectivity index is 2.59. The minimum Gasteiger partial charge on any atom is -0.388 e.